The Bertz CT molecular complexity index is 960. The van der Waals surface area contributed by atoms with Gasteiger partial charge in [-0.1, -0.05) is 84.9 Å². The fourth-order valence-corrected chi connectivity index (χ4v) is 5.22. The Morgan fingerprint density at radius 1 is 0.519 bits per heavy atom. The zero-order chi connectivity index (χ0) is 18.5. The van der Waals surface area contributed by atoms with E-state index in [9.17, 15) is 5.11 Å². The van der Waals surface area contributed by atoms with Crippen molar-refractivity contribution >= 4 is 23.8 Å². The Balaban J connectivity index is 1.66. The van der Waals surface area contributed by atoms with E-state index < -0.39 is 7.92 Å². The van der Waals surface area contributed by atoms with Crippen molar-refractivity contribution in [2.45, 2.75) is 0 Å². The van der Waals surface area contributed by atoms with Gasteiger partial charge < -0.3 is 9.84 Å². The lowest BCUT2D eigenvalue weighted by atomic mass is 10.3. The molecule has 1 N–H and O–H groups in total. The van der Waals surface area contributed by atoms with Crippen molar-refractivity contribution in [2.24, 2.45) is 0 Å². The second-order valence-electron chi connectivity index (χ2n) is 6.07. The van der Waals surface area contributed by atoms with E-state index in [0.29, 0.717) is 11.5 Å². The molecule has 0 unspecified atom stereocenters. The largest absolute Gasteiger partial charge is 0.504 e. The maximum Gasteiger partial charge on any atom is 0.169 e. The van der Waals surface area contributed by atoms with Crippen LogP contribution in [0.5, 0.6) is 17.2 Å². The Morgan fingerprint density at radius 2 is 1.00 bits per heavy atom. The molecule has 0 atom stereocenters. The van der Waals surface area contributed by atoms with Gasteiger partial charge in [0.25, 0.3) is 0 Å². The Hall–Kier alpha value is -3.09. The Morgan fingerprint density at radius 3 is 1.56 bits per heavy atom. The van der Waals surface area contributed by atoms with Gasteiger partial charge in [-0.3, -0.25) is 0 Å². The molecule has 4 rings (SSSR count). The monoisotopic (exact) mass is 370 g/mol. The molecule has 2 nitrogen and oxygen atoms in total. The van der Waals surface area contributed by atoms with Crippen molar-refractivity contribution in [3.63, 3.8) is 0 Å². The lowest BCUT2D eigenvalue weighted by molar-refractivity contribution is 0.411. The first-order chi connectivity index (χ1) is 13.3. The predicted octanol–water partition coefficient (Wildman–Crippen LogP) is 4.94. The van der Waals surface area contributed by atoms with Crippen LogP contribution in [-0.2, 0) is 0 Å². The van der Waals surface area contributed by atoms with Crippen molar-refractivity contribution < 1.29 is 9.84 Å². The number of hydrogen-bond donors (Lipinski definition) is 1. The van der Waals surface area contributed by atoms with Gasteiger partial charge in [0.05, 0.1) is 0 Å². The first kappa shape index (κ1) is 17.3. The van der Waals surface area contributed by atoms with Gasteiger partial charge in [0.1, 0.15) is 5.75 Å². The summed E-state index contributed by atoms with van der Waals surface area (Å²) in [5.41, 5.74) is 0. The van der Waals surface area contributed by atoms with E-state index in [-0.39, 0.29) is 5.75 Å². The maximum absolute atomic E-state index is 9.89. The number of para-hydroxylation sites is 2. The summed E-state index contributed by atoms with van der Waals surface area (Å²) >= 11 is 0. The fraction of sp³-hybridized carbons (Fsp3) is 0. The number of phenolic OH excluding ortho intramolecular Hbond substituents is 1. The standard InChI is InChI=1S/C24H19O2P/c25-23-13-7-8-14-24(23)26-19-15-17-22(18-16-19)27(20-9-3-1-4-10-20)21-11-5-2-6-12-21/h1-18,25H. The molecule has 4 aromatic rings. The quantitative estimate of drug-likeness (QED) is 0.504. The van der Waals surface area contributed by atoms with Gasteiger partial charge in [0, 0.05) is 0 Å². The third-order valence-electron chi connectivity index (χ3n) is 4.22. The van der Waals surface area contributed by atoms with E-state index >= 15 is 0 Å². The van der Waals surface area contributed by atoms with E-state index in [1.54, 1.807) is 18.2 Å². The van der Waals surface area contributed by atoms with Gasteiger partial charge in [-0.05, 0) is 48.1 Å². The van der Waals surface area contributed by atoms with Gasteiger partial charge in [0.2, 0.25) is 0 Å². The molecule has 0 aromatic heterocycles. The molecule has 3 heteroatoms. The van der Waals surface area contributed by atoms with Gasteiger partial charge in [-0.25, -0.2) is 0 Å². The van der Waals surface area contributed by atoms with Gasteiger partial charge >= 0.3 is 0 Å². The topological polar surface area (TPSA) is 29.5 Å². The normalized spacial score (nSPS) is 10.7. The summed E-state index contributed by atoms with van der Waals surface area (Å²) in [7, 11) is -0.629. The molecule has 132 valence electrons. The predicted molar refractivity (Wildman–Crippen MR) is 113 cm³/mol. The zero-order valence-corrected chi connectivity index (χ0v) is 15.6. The highest BCUT2D eigenvalue weighted by Gasteiger charge is 2.16. The van der Waals surface area contributed by atoms with E-state index in [4.69, 9.17) is 4.74 Å². The summed E-state index contributed by atoms with van der Waals surface area (Å²) in [6, 6.07) is 36.3. The molecule has 0 heterocycles. The van der Waals surface area contributed by atoms with Crippen LogP contribution < -0.4 is 20.7 Å². The van der Waals surface area contributed by atoms with Crippen LogP contribution >= 0.6 is 7.92 Å². The minimum Gasteiger partial charge on any atom is -0.504 e. The van der Waals surface area contributed by atoms with Crippen molar-refractivity contribution in [2.75, 3.05) is 0 Å². The van der Waals surface area contributed by atoms with E-state index in [2.05, 4.69) is 60.7 Å². The van der Waals surface area contributed by atoms with Crippen LogP contribution in [0.2, 0.25) is 0 Å². The molecule has 0 amide bonds. The van der Waals surface area contributed by atoms with E-state index in [0.717, 1.165) is 0 Å². The second kappa shape index (κ2) is 8.07. The number of rotatable bonds is 5. The van der Waals surface area contributed by atoms with Crippen molar-refractivity contribution in [1.29, 1.82) is 0 Å². The van der Waals surface area contributed by atoms with Crippen LogP contribution in [0.4, 0.5) is 0 Å². The second-order valence-corrected chi connectivity index (χ2v) is 8.29. The molecule has 0 spiro atoms. The lowest BCUT2D eigenvalue weighted by Crippen LogP contribution is -2.20. The molecule has 0 radical (unpaired) electrons. The van der Waals surface area contributed by atoms with Crippen LogP contribution in [0, 0.1) is 0 Å². The summed E-state index contributed by atoms with van der Waals surface area (Å²) in [4.78, 5) is 0. The molecule has 0 bridgehead atoms. The molecular weight excluding hydrogens is 351 g/mol. The van der Waals surface area contributed by atoms with E-state index in [1.165, 1.54) is 15.9 Å². The molecular formula is C24H19O2P. The molecule has 4 aromatic carbocycles. The average Bonchev–Trinajstić information content (AvgIpc) is 2.73. The molecule has 0 aliphatic carbocycles. The molecule has 0 saturated heterocycles. The third kappa shape index (κ3) is 4.02. The molecule has 0 aliphatic heterocycles. The number of aromatic hydroxyl groups is 1. The average molecular weight is 370 g/mol. The summed E-state index contributed by atoms with van der Waals surface area (Å²) in [6.07, 6.45) is 0. The van der Waals surface area contributed by atoms with Gasteiger partial charge in [-0.15, -0.1) is 0 Å². The van der Waals surface area contributed by atoms with Crippen LogP contribution in [0.1, 0.15) is 0 Å². The van der Waals surface area contributed by atoms with Crippen molar-refractivity contribution in [3.8, 4) is 17.2 Å². The van der Waals surface area contributed by atoms with Gasteiger partial charge in [0.15, 0.2) is 11.5 Å². The minimum absolute atomic E-state index is 0.136. The SMILES string of the molecule is Oc1ccccc1Oc1ccc(P(c2ccccc2)c2ccccc2)cc1. The van der Waals surface area contributed by atoms with Crippen LogP contribution in [0.25, 0.3) is 0 Å². The highest BCUT2D eigenvalue weighted by Crippen LogP contribution is 2.34. The fourth-order valence-electron chi connectivity index (χ4n) is 2.94. The smallest absolute Gasteiger partial charge is 0.169 e. The lowest BCUT2D eigenvalue weighted by Gasteiger charge is -2.19. The van der Waals surface area contributed by atoms with Crippen molar-refractivity contribution in [1.82, 2.24) is 0 Å². The Kier molecular flexibility index (Phi) is 5.18. The van der Waals surface area contributed by atoms with Crippen LogP contribution in [0.3, 0.4) is 0 Å². The Labute approximate surface area is 160 Å². The molecule has 27 heavy (non-hydrogen) atoms. The molecule has 0 saturated carbocycles. The highest BCUT2D eigenvalue weighted by atomic mass is 31.1. The zero-order valence-electron chi connectivity index (χ0n) is 14.7. The number of benzene rings is 4. The maximum atomic E-state index is 9.89. The first-order valence-corrected chi connectivity index (χ1v) is 10.1. The summed E-state index contributed by atoms with van der Waals surface area (Å²) in [5.74, 6) is 1.30. The number of ether oxygens (including phenoxy) is 1. The minimum atomic E-state index is -0.629. The van der Waals surface area contributed by atoms with Crippen LogP contribution in [-0.4, -0.2) is 5.11 Å². The third-order valence-corrected chi connectivity index (χ3v) is 6.66. The van der Waals surface area contributed by atoms with Crippen molar-refractivity contribution in [3.05, 3.63) is 109 Å². The number of hydrogen-bond acceptors (Lipinski definition) is 2. The summed E-state index contributed by atoms with van der Waals surface area (Å²) < 4.78 is 5.81. The molecule has 0 fully saturated rings. The number of phenols is 1. The summed E-state index contributed by atoms with van der Waals surface area (Å²) in [5, 5.41) is 13.8. The van der Waals surface area contributed by atoms with Crippen LogP contribution in [0.15, 0.2) is 109 Å². The van der Waals surface area contributed by atoms with Gasteiger partial charge in [-0.2, -0.15) is 0 Å². The molecule has 0 aliphatic rings. The summed E-state index contributed by atoms with van der Waals surface area (Å²) in [6.45, 7) is 0. The first-order valence-electron chi connectivity index (χ1n) is 8.77. The van der Waals surface area contributed by atoms with E-state index in [1.807, 2.05) is 30.3 Å². The highest BCUT2D eigenvalue weighted by molar-refractivity contribution is 7.79.